The first kappa shape index (κ1) is 15.2. The number of aromatic nitrogens is 1. The van der Waals surface area contributed by atoms with Gasteiger partial charge in [0, 0.05) is 23.7 Å². The minimum absolute atomic E-state index is 0.380. The third-order valence-electron chi connectivity index (χ3n) is 3.55. The summed E-state index contributed by atoms with van der Waals surface area (Å²) >= 11 is 1.73. The fourth-order valence-corrected chi connectivity index (χ4v) is 3.10. The Labute approximate surface area is 126 Å². The predicted octanol–water partition coefficient (Wildman–Crippen LogP) is 4.50. The van der Waals surface area contributed by atoms with Crippen LogP contribution in [0, 0.1) is 12.8 Å². The van der Waals surface area contributed by atoms with E-state index in [1.807, 2.05) is 6.92 Å². The Kier molecular flexibility index (Phi) is 5.32. The lowest BCUT2D eigenvalue weighted by molar-refractivity contribution is 0.410. The summed E-state index contributed by atoms with van der Waals surface area (Å²) in [6.45, 7) is 9.61. The molecule has 0 amide bonds. The van der Waals surface area contributed by atoms with Crippen molar-refractivity contribution in [2.75, 3.05) is 0 Å². The average molecular weight is 288 g/mol. The molecule has 1 aromatic heterocycles. The molecule has 1 unspecified atom stereocenters. The van der Waals surface area contributed by atoms with Crippen LogP contribution in [0.4, 0.5) is 0 Å². The molecule has 20 heavy (non-hydrogen) atoms. The van der Waals surface area contributed by atoms with E-state index in [0.717, 1.165) is 18.7 Å². The van der Waals surface area contributed by atoms with Crippen LogP contribution in [-0.4, -0.2) is 4.98 Å². The SMILES string of the molecule is CCc1ccc(C(NCc2nc(C)cs2)C(C)C)cc1. The summed E-state index contributed by atoms with van der Waals surface area (Å²) in [7, 11) is 0. The van der Waals surface area contributed by atoms with Gasteiger partial charge in [0.15, 0.2) is 0 Å². The van der Waals surface area contributed by atoms with Crippen molar-refractivity contribution in [1.29, 1.82) is 0 Å². The third kappa shape index (κ3) is 3.90. The highest BCUT2D eigenvalue weighted by atomic mass is 32.1. The number of nitrogens with one attached hydrogen (secondary N) is 1. The van der Waals surface area contributed by atoms with E-state index in [0.29, 0.717) is 12.0 Å². The lowest BCUT2D eigenvalue weighted by Gasteiger charge is -2.22. The molecule has 0 fully saturated rings. The maximum absolute atomic E-state index is 4.52. The van der Waals surface area contributed by atoms with Gasteiger partial charge in [0.25, 0.3) is 0 Å². The summed E-state index contributed by atoms with van der Waals surface area (Å²) in [5, 5.41) is 6.92. The number of aryl methyl sites for hydroxylation is 2. The van der Waals surface area contributed by atoms with Gasteiger partial charge in [-0.25, -0.2) is 4.98 Å². The summed E-state index contributed by atoms with van der Waals surface area (Å²) in [5.74, 6) is 0.559. The summed E-state index contributed by atoms with van der Waals surface area (Å²) in [4.78, 5) is 4.52. The van der Waals surface area contributed by atoms with Crippen molar-refractivity contribution in [3.05, 3.63) is 51.5 Å². The Morgan fingerprint density at radius 1 is 1.20 bits per heavy atom. The Balaban J connectivity index is 2.06. The number of benzene rings is 1. The van der Waals surface area contributed by atoms with Crippen molar-refractivity contribution in [2.45, 2.75) is 46.7 Å². The molecule has 0 aliphatic rings. The lowest BCUT2D eigenvalue weighted by atomic mass is 9.95. The molecule has 2 nitrogen and oxygen atoms in total. The Morgan fingerprint density at radius 3 is 2.40 bits per heavy atom. The maximum atomic E-state index is 4.52. The predicted molar refractivity (Wildman–Crippen MR) is 87.1 cm³/mol. The second-order valence-corrected chi connectivity index (χ2v) is 6.52. The van der Waals surface area contributed by atoms with Gasteiger partial charge in [0.05, 0.1) is 0 Å². The van der Waals surface area contributed by atoms with Gasteiger partial charge in [0.2, 0.25) is 0 Å². The van der Waals surface area contributed by atoms with E-state index in [1.165, 1.54) is 16.1 Å². The molecule has 2 rings (SSSR count). The molecule has 0 aliphatic heterocycles. The van der Waals surface area contributed by atoms with Gasteiger partial charge in [-0.05, 0) is 30.4 Å². The van der Waals surface area contributed by atoms with E-state index < -0.39 is 0 Å². The molecule has 0 aliphatic carbocycles. The smallest absolute Gasteiger partial charge is 0.107 e. The summed E-state index contributed by atoms with van der Waals surface area (Å²) < 4.78 is 0. The summed E-state index contributed by atoms with van der Waals surface area (Å²) in [6.07, 6.45) is 1.10. The van der Waals surface area contributed by atoms with E-state index in [4.69, 9.17) is 0 Å². The zero-order chi connectivity index (χ0) is 14.5. The first-order chi connectivity index (χ1) is 9.60. The van der Waals surface area contributed by atoms with Crippen molar-refractivity contribution >= 4 is 11.3 Å². The van der Waals surface area contributed by atoms with Crippen molar-refractivity contribution in [3.8, 4) is 0 Å². The van der Waals surface area contributed by atoms with Gasteiger partial charge in [0.1, 0.15) is 5.01 Å². The molecular formula is C17H24N2S. The second-order valence-electron chi connectivity index (χ2n) is 5.58. The zero-order valence-corrected chi connectivity index (χ0v) is 13.6. The average Bonchev–Trinajstić information content (AvgIpc) is 2.85. The molecule has 3 heteroatoms. The molecule has 1 atom stereocenters. The molecule has 0 spiro atoms. The van der Waals surface area contributed by atoms with E-state index in [2.05, 4.69) is 60.7 Å². The first-order valence-electron chi connectivity index (χ1n) is 7.33. The highest BCUT2D eigenvalue weighted by molar-refractivity contribution is 7.09. The van der Waals surface area contributed by atoms with Crippen LogP contribution in [0.5, 0.6) is 0 Å². The molecule has 1 heterocycles. The van der Waals surface area contributed by atoms with Crippen LogP contribution in [0.1, 0.15) is 48.6 Å². The molecule has 2 aromatic rings. The third-order valence-corrected chi connectivity index (χ3v) is 4.52. The lowest BCUT2D eigenvalue weighted by Crippen LogP contribution is -2.25. The first-order valence-corrected chi connectivity index (χ1v) is 8.21. The maximum Gasteiger partial charge on any atom is 0.107 e. The summed E-state index contributed by atoms with van der Waals surface area (Å²) in [6, 6.07) is 9.36. The standard InChI is InChI=1S/C17H24N2S/c1-5-14-6-8-15(9-7-14)17(12(2)3)18-10-16-19-13(4)11-20-16/h6-9,11-12,17-18H,5,10H2,1-4H3. The van der Waals surface area contributed by atoms with Crippen molar-refractivity contribution in [2.24, 2.45) is 5.92 Å². The molecule has 1 aromatic carbocycles. The van der Waals surface area contributed by atoms with E-state index in [-0.39, 0.29) is 0 Å². The van der Waals surface area contributed by atoms with Crippen LogP contribution in [0.3, 0.4) is 0 Å². The molecular weight excluding hydrogens is 264 g/mol. The molecule has 0 bridgehead atoms. The van der Waals surface area contributed by atoms with Gasteiger partial charge < -0.3 is 5.32 Å². The zero-order valence-electron chi connectivity index (χ0n) is 12.8. The number of nitrogens with zero attached hydrogens (tertiary/aromatic N) is 1. The normalized spacial score (nSPS) is 12.8. The fourth-order valence-electron chi connectivity index (χ4n) is 2.38. The van der Waals surface area contributed by atoms with Gasteiger partial charge in [-0.15, -0.1) is 11.3 Å². The summed E-state index contributed by atoms with van der Waals surface area (Å²) in [5.41, 5.74) is 3.87. The topological polar surface area (TPSA) is 24.9 Å². The van der Waals surface area contributed by atoms with Gasteiger partial charge in [-0.3, -0.25) is 0 Å². The molecule has 1 N–H and O–H groups in total. The van der Waals surface area contributed by atoms with Crippen molar-refractivity contribution in [1.82, 2.24) is 10.3 Å². The number of rotatable bonds is 6. The van der Waals surface area contributed by atoms with E-state index in [9.17, 15) is 0 Å². The highest BCUT2D eigenvalue weighted by Crippen LogP contribution is 2.23. The highest BCUT2D eigenvalue weighted by Gasteiger charge is 2.15. The Morgan fingerprint density at radius 2 is 1.90 bits per heavy atom. The Hall–Kier alpha value is -1.19. The second kappa shape index (κ2) is 7.00. The molecule has 0 radical (unpaired) electrons. The molecule has 108 valence electrons. The van der Waals surface area contributed by atoms with Crippen LogP contribution in [0.25, 0.3) is 0 Å². The van der Waals surface area contributed by atoms with Crippen molar-refractivity contribution in [3.63, 3.8) is 0 Å². The van der Waals surface area contributed by atoms with Gasteiger partial charge in [-0.2, -0.15) is 0 Å². The van der Waals surface area contributed by atoms with E-state index in [1.54, 1.807) is 11.3 Å². The minimum atomic E-state index is 0.380. The van der Waals surface area contributed by atoms with Crippen LogP contribution in [0.2, 0.25) is 0 Å². The number of hydrogen-bond donors (Lipinski definition) is 1. The van der Waals surface area contributed by atoms with Crippen LogP contribution >= 0.6 is 11.3 Å². The van der Waals surface area contributed by atoms with Gasteiger partial charge >= 0.3 is 0 Å². The van der Waals surface area contributed by atoms with Gasteiger partial charge in [-0.1, -0.05) is 45.0 Å². The van der Waals surface area contributed by atoms with E-state index >= 15 is 0 Å². The molecule has 0 saturated heterocycles. The van der Waals surface area contributed by atoms with Crippen LogP contribution in [0.15, 0.2) is 29.6 Å². The molecule has 0 saturated carbocycles. The number of hydrogen-bond acceptors (Lipinski definition) is 3. The van der Waals surface area contributed by atoms with Crippen LogP contribution < -0.4 is 5.32 Å². The van der Waals surface area contributed by atoms with Crippen molar-refractivity contribution < 1.29 is 0 Å². The minimum Gasteiger partial charge on any atom is -0.303 e. The Bertz CT molecular complexity index is 528. The quantitative estimate of drug-likeness (QED) is 0.846. The number of thiazole rings is 1. The monoisotopic (exact) mass is 288 g/mol. The largest absolute Gasteiger partial charge is 0.303 e. The fraction of sp³-hybridized carbons (Fsp3) is 0.471. The van der Waals surface area contributed by atoms with Crippen LogP contribution in [-0.2, 0) is 13.0 Å².